The number of aromatic hydroxyl groups is 2. The van der Waals surface area contributed by atoms with Crippen LogP contribution in [0.1, 0.15) is 79.4 Å². The molecule has 4 rings (SSSR count). The third-order valence-electron chi connectivity index (χ3n) is 7.71. The summed E-state index contributed by atoms with van der Waals surface area (Å²) in [5.41, 5.74) is 3.50. The molecule has 0 radical (unpaired) electrons. The minimum atomic E-state index is -3.32. The third-order valence-corrected chi connectivity index (χ3v) is 7.71. The standard InChI is InChI=1S/C30H37F2N3O4/c1-6-39-29(38)21-10-7-9-20(16-21)23-11-8-12-24(26(23)36)33-27(30(5,31)32)25-19(4)34-35(28(25)37)22-14-13-17(2)18(3)15-22/h8,11-15,20-21,27,33,36-37H,6-7,9-10,16H2,1-5H3. The minimum absolute atomic E-state index is 0.0504. The maximum atomic E-state index is 15.1. The van der Waals surface area contributed by atoms with E-state index in [1.165, 1.54) is 10.7 Å². The molecule has 0 bridgehead atoms. The molecule has 210 valence electrons. The van der Waals surface area contributed by atoms with Crippen molar-refractivity contribution in [2.45, 2.75) is 78.2 Å². The van der Waals surface area contributed by atoms with Crippen LogP contribution in [0.25, 0.3) is 5.69 Å². The number of rotatable bonds is 8. The number of carbonyl (C=O) groups is 1. The van der Waals surface area contributed by atoms with Gasteiger partial charge in [-0.05, 0) is 87.8 Å². The van der Waals surface area contributed by atoms with Crippen LogP contribution in [-0.2, 0) is 9.53 Å². The summed E-state index contributed by atoms with van der Waals surface area (Å²) in [7, 11) is 0. The highest BCUT2D eigenvalue weighted by Crippen LogP contribution is 2.46. The van der Waals surface area contributed by atoms with Crippen LogP contribution in [-0.4, -0.2) is 38.5 Å². The van der Waals surface area contributed by atoms with Crippen molar-refractivity contribution < 1.29 is 28.5 Å². The summed E-state index contributed by atoms with van der Waals surface area (Å²) in [5.74, 6) is -4.47. The molecule has 3 N–H and O–H groups in total. The molecule has 1 saturated carbocycles. The molecule has 9 heteroatoms. The first-order valence-electron chi connectivity index (χ1n) is 13.4. The van der Waals surface area contributed by atoms with Crippen molar-refractivity contribution >= 4 is 11.7 Å². The topological polar surface area (TPSA) is 96.6 Å². The molecule has 1 fully saturated rings. The molecule has 0 aliphatic heterocycles. The zero-order chi connectivity index (χ0) is 28.5. The van der Waals surface area contributed by atoms with E-state index in [-0.39, 0.29) is 40.5 Å². The van der Waals surface area contributed by atoms with Crippen LogP contribution < -0.4 is 5.32 Å². The summed E-state index contributed by atoms with van der Waals surface area (Å²) in [6.07, 6.45) is 2.81. The molecule has 1 heterocycles. The van der Waals surface area contributed by atoms with Gasteiger partial charge >= 0.3 is 5.97 Å². The Kier molecular flexibility index (Phi) is 8.18. The van der Waals surface area contributed by atoms with Crippen LogP contribution in [0.4, 0.5) is 14.5 Å². The van der Waals surface area contributed by atoms with Gasteiger partial charge in [0.1, 0.15) is 11.8 Å². The van der Waals surface area contributed by atoms with E-state index in [0.717, 1.165) is 37.3 Å². The van der Waals surface area contributed by atoms with Gasteiger partial charge in [0.25, 0.3) is 5.92 Å². The van der Waals surface area contributed by atoms with Gasteiger partial charge in [-0.25, -0.2) is 13.5 Å². The number of aryl methyl sites for hydroxylation is 3. The Labute approximate surface area is 227 Å². The number of hydrogen-bond donors (Lipinski definition) is 3. The van der Waals surface area contributed by atoms with E-state index in [4.69, 9.17) is 4.74 Å². The van der Waals surface area contributed by atoms with Crippen LogP contribution in [0, 0.1) is 26.7 Å². The lowest BCUT2D eigenvalue weighted by atomic mass is 9.77. The van der Waals surface area contributed by atoms with Gasteiger partial charge in [-0.2, -0.15) is 5.10 Å². The van der Waals surface area contributed by atoms with Crippen molar-refractivity contribution in [1.82, 2.24) is 9.78 Å². The molecule has 1 aliphatic carbocycles. The lowest BCUT2D eigenvalue weighted by Gasteiger charge is -2.30. The first-order chi connectivity index (χ1) is 18.4. The number of ether oxygens (including phenoxy) is 1. The second-order valence-electron chi connectivity index (χ2n) is 10.6. The van der Waals surface area contributed by atoms with Gasteiger partial charge in [-0.1, -0.05) is 24.6 Å². The summed E-state index contributed by atoms with van der Waals surface area (Å²) in [4.78, 5) is 12.3. The fourth-order valence-electron chi connectivity index (χ4n) is 5.46. The van der Waals surface area contributed by atoms with Crippen LogP contribution in [0.15, 0.2) is 36.4 Å². The van der Waals surface area contributed by atoms with Crippen molar-refractivity contribution in [3.8, 4) is 17.3 Å². The maximum absolute atomic E-state index is 15.1. The normalized spacial score (nSPS) is 18.5. The molecule has 2 aromatic carbocycles. The number of nitrogens with zero attached hydrogens (tertiary/aromatic N) is 2. The zero-order valence-corrected chi connectivity index (χ0v) is 23.1. The Morgan fingerprint density at radius 2 is 1.92 bits per heavy atom. The third kappa shape index (κ3) is 5.87. The molecular weight excluding hydrogens is 504 g/mol. The quantitative estimate of drug-likeness (QED) is 0.213. The number of esters is 1. The van der Waals surface area contributed by atoms with E-state index >= 15 is 8.78 Å². The van der Waals surface area contributed by atoms with Crippen molar-refractivity contribution in [1.29, 1.82) is 0 Å². The van der Waals surface area contributed by atoms with E-state index in [0.29, 0.717) is 24.3 Å². The minimum Gasteiger partial charge on any atom is -0.505 e. The van der Waals surface area contributed by atoms with Gasteiger partial charge in [-0.15, -0.1) is 0 Å². The Hall–Kier alpha value is -3.62. The highest BCUT2D eigenvalue weighted by atomic mass is 19.3. The van der Waals surface area contributed by atoms with Gasteiger partial charge in [0.05, 0.1) is 35.2 Å². The van der Waals surface area contributed by atoms with Gasteiger partial charge < -0.3 is 20.3 Å². The van der Waals surface area contributed by atoms with Crippen LogP contribution in [0.3, 0.4) is 0 Å². The fourth-order valence-corrected chi connectivity index (χ4v) is 5.46. The fraction of sp³-hybridized carbons (Fsp3) is 0.467. The largest absolute Gasteiger partial charge is 0.505 e. The molecule has 0 amide bonds. The van der Waals surface area contributed by atoms with Crippen LogP contribution >= 0.6 is 0 Å². The second-order valence-corrected chi connectivity index (χ2v) is 10.6. The predicted molar refractivity (Wildman–Crippen MR) is 146 cm³/mol. The molecule has 3 aromatic rings. The Bertz CT molecular complexity index is 1350. The SMILES string of the molecule is CCOC(=O)C1CCCC(c2cccc(NC(c3c(C)nn(-c4ccc(C)c(C)c4)c3O)C(C)(F)F)c2O)C1. The molecule has 0 saturated heterocycles. The van der Waals surface area contributed by atoms with Crippen molar-refractivity contribution in [2.24, 2.45) is 5.92 Å². The average molecular weight is 542 g/mol. The Balaban J connectivity index is 1.67. The van der Waals surface area contributed by atoms with Gasteiger partial charge in [-0.3, -0.25) is 4.79 Å². The number of anilines is 1. The Morgan fingerprint density at radius 1 is 1.18 bits per heavy atom. The van der Waals surface area contributed by atoms with Crippen LogP contribution in [0.2, 0.25) is 0 Å². The van der Waals surface area contributed by atoms with E-state index in [2.05, 4.69) is 10.4 Å². The van der Waals surface area contributed by atoms with E-state index in [1.54, 1.807) is 32.0 Å². The van der Waals surface area contributed by atoms with Gasteiger partial charge in [0.2, 0.25) is 5.88 Å². The zero-order valence-electron chi connectivity index (χ0n) is 23.1. The highest BCUT2D eigenvalue weighted by Gasteiger charge is 2.41. The summed E-state index contributed by atoms with van der Waals surface area (Å²) in [6.45, 7) is 8.30. The molecule has 1 aromatic heterocycles. The predicted octanol–water partition coefficient (Wildman–Crippen LogP) is 6.85. The van der Waals surface area contributed by atoms with E-state index < -0.39 is 17.8 Å². The molecule has 1 aliphatic rings. The molecule has 39 heavy (non-hydrogen) atoms. The number of aromatic nitrogens is 2. The first-order valence-corrected chi connectivity index (χ1v) is 13.4. The summed E-state index contributed by atoms with van der Waals surface area (Å²) < 4.78 is 36.7. The number of phenols is 1. The number of hydrogen-bond acceptors (Lipinski definition) is 6. The number of benzene rings is 2. The van der Waals surface area contributed by atoms with E-state index in [1.807, 2.05) is 26.0 Å². The second kappa shape index (κ2) is 11.2. The summed E-state index contributed by atoms with van der Waals surface area (Å²) in [5, 5.41) is 29.5. The number of halogens is 2. The molecular formula is C30H37F2N3O4. The van der Waals surface area contributed by atoms with Gasteiger partial charge in [0, 0.05) is 6.92 Å². The highest BCUT2D eigenvalue weighted by molar-refractivity contribution is 5.73. The van der Waals surface area contributed by atoms with Crippen molar-refractivity contribution in [3.63, 3.8) is 0 Å². The Morgan fingerprint density at radius 3 is 2.59 bits per heavy atom. The number of nitrogens with one attached hydrogen (secondary N) is 1. The molecule has 3 atom stereocenters. The molecule has 7 nitrogen and oxygen atoms in total. The van der Waals surface area contributed by atoms with E-state index in [9.17, 15) is 15.0 Å². The summed E-state index contributed by atoms with van der Waals surface area (Å²) >= 11 is 0. The summed E-state index contributed by atoms with van der Waals surface area (Å²) in [6, 6.07) is 8.81. The molecule has 3 unspecified atom stereocenters. The molecule has 0 spiro atoms. The van der Waals surface area contributed by atoms with Gasteiger partial charge in [0.15, 0.2) is 0 Å². The van der Waals surface area contributed by atoms with Crippen molar-refractivity contribution in [3.05, 3.63) is 64.3 Å². The smallest absolute Gasteiger partial charge is 0.308 e. The van der Waals surface area contributed by atoms with Crippen molar-refractivity contribution in [2.75, 3.05) is 11.9 Å². The number of para-hydroxylation sites is 1. The average Bonchev–Trinajstić information content (AvgIpc) is 3.18. The number of phenolic OH excluding ortho intramolecular Hbond substituents is 1. The number of carbonyl (C=O) groups excluding carboxylic acids is 1. The number of alkyl halides is 2. The maximum Gasteiger partial charge on any atom is 0.308 e. The monoisotopic (exact) mass is 541 g/mol. The lowest BCUT2D eigenvalue weighted by molar-refractivity contribution is -0.149. The van der Waals surface area contributed by atoms with Crippen LogP contribution in [0.5, 0.6) is 11.6 Å². The lowest BCUT2D eigenvalue weighted by Crippen LogP contribution is -2.29. The first kappa shape index (κ1) is 28.4.